The second-order valence-electron chi connectivity index (χ2n) is 8.24. The molecule has 0 heterocycles. The van der Waals surface area contributed by atoms with Crippen LogP contribution in [-0.2, 0) is 20.2 Å². The van der Waals surface area contributed by atoms with Gasteiger partial charge in [-0.3, -0.25) is 18.7 Å². The Kier molecular flexibility index (Phi) is 6.05. The summed E-state index contributed by atoms with van der Waals surface area (Å²) < 4.78 is 68.1. The lowest BCUT2D eigenvalue weighted by Crippen LogP contribution is -2.24. The Hall–Kier alpha value is -3.23. The summed E-state index contributed by atoms with van der Waals surface area (Å²) in [5, 5.41) is 0. The van der Waals surface area contributed by atoms with Gasteiger partial charge in [-0.25, -0.2) is 0 Å². The highest BCUT2D eigenvalue weighted by Gasteiger charge is 2.37. The molecule has 0 bridgehead atoms. The number of benzene rings is 3. The molecule has 0 saturated carbocycles. The molecular formula is C23H20N2O8S3. The van der Waals surface area contributed by atoms with Crippen LogP contribution in [0, 0.1) is 20.8 Å². The zero-order chi connectivity index (χ0) is 26.9. The second-order valence-corrected chi connectivity index (χ2v) is 12.0. The number of nitrogen functional groups attached to an aromatic ring is 2. The molecule has 36 heavy (non-hydrogen) atoms. The fraction of sp³-hybridized carbons (Fsp3) is 0.130. The summed E-state index contributed by atoms with van der Waals surface area (Å²) in [4.78, 5) is 25.7. The van der Waals surface area contributed by atoms with Gasteiger partial charge in [0, 0.05) is 32.2 Å². The first-order valence-corrected chi connectivity index (χ1v) is 13.9. The molecule has 0 spiro atoms. The minimum atomic E-state index is -4.93. The third-order valence-electron chi connectivity index (χ3n) is 6.08. The van der Waals surface area contributed by atoms with Crippen molar-refractivity contribution in [2.45, 2.75) is 40.4 Å². The Balaban J connectivity index is 2.10. The van der Waals surface area contributed by atoms with Crippen LogP contribution in [0.3, 0.4) is 0 Å². The minimum absolute atomic E-state index is 0.0192. The Morgan fingerprint density at radius 1 is 0.750 bits per heavy atom. The van der Waals surface area contributed by atoms with Crippen LogP contribution >= 0.6 is 11.8 Å². The number of nitrogens with two attached hydrogens (primary N) is 2. The predicted molar refractivity (Wildman–Crippen MR) is 133 cm³/mol. The van der Waals surface area contributed by atoms with Crippen LogP contribution in [0.4, 0.5) is 11.4 Å². The number of carbonyl (C=O) groups is 2. The van der Waals surface area contributed by atoms with Crippen molar-refractivity contribution >= 4 is 54.9 Å². The van der Waals surface area contributed by atoms with E-state index in [0.29, 0.717) is 5.56 Å². The standard InChI is InChI=1S/C23H20N2O8S3/c1-9-18(24)10(2)23(36(31,32)33)11(3)22(9)34-14-8-15(35(28,29)30)19(25)17-16(14)20(26)12-6-4-5-7-13(12)21(17)27/h4-8H,24-25H2,1-3H3,(H,28,29,30)(H,31,32,33). The van der Waals surface area contributed by atoms with E-state index >= 15 is 0 Å². The first-order chi connectivity index (χ1) is 16.6. The molecule has 10 nitrogen and oxygen atoms in total. The summed E-state index contributed by atoms with van der Waals surface area (Å²) in [5.41, 5.74) is 11.7. The predicted octanol–water partition coefficient (Wildman–Crippen LogP) is 3.20. The highest BCUT2D eigenvalue weighted by Crippen LogP contribution is 2.46. The highest BCUT2D eigenvalue weighted by molar-refractivity contribution is 7.99. The van der Waals surface area contributed by atoms with Gasteiger partial charge in [-0.2, -0.15) is 16.8 Å². The van der Waals surface area contributed by atoms with Crippen molar-refractivity contribution in [1.82, 2.24) is 0 Å². The van der Waals surface area contributed by atoms with Gasteiger partial charge in [-0.15, -0.1) is 0 Å². The van der Waals surface area contributed by atoms with E-state index in [4.69, 9.17) is 11.5 Å². The minimum Gasteiger partial charge on any atom is -0.398 e. The zero-order valence-electron chi connectivity index (χ0n) is 19.1. The lowest BCUT2D eigenvalue weighted by molar-refractivity contribution is 0.0977. The van der Waals surface area contributed by atoms with Crippen LogP contribution in [0.2, 0.25) is 0 Å². The number of hydrogen-bond acceptors (Lipinski definition) is 9. The van der Waals surface area contributed by atoms with Crippen molar-refractivity contribution in [3.8, 4) is 0 Å². The maximum atomic E-state index is 13.5. The van der Waals surface area contributed by atoms with Crippen molar-refractivity contribution in [2.24, 2.45) is 0 Å². The van der Waals surface area contributed by atoms with Crippen LogP contribution in [0.25, 0.3) is 0 Å². The maximum Gasteiger partial charge on any atom is 0.296 e. The molecule has 0 saturated heterocycles. The third-order valence-corrected chi connectivity index (χ3v) is 9.46. The number of ketones is 2. The summed E-state index contributed by atoms with van der Waals surface area (Å²) in [6.45, 7) is 4.43. The Labute approximate surface area is 211 Å². The van der Waals surface area contributed by atoms with Crippen LogP contribution in [0.5, 0.6) is 0 Å². The lowest BCUT2D eigenvalue weighted by atomic mass is 9.83. The topological polar surface area (TPSA) is 195 Å². The average Bonchev–Trinajstić information content (AvgIpc) is 2.77. The SMILES string of the molecule is Cc1c(N)c(C)c(S(=O)(=O)O)c(C)c1Sc1cc(S(=O)(=O)O)c(N)c2c1C(=O)c1ccccc1C2=O. The third kappa shape index (κ3) is 3.89. The van der Waals surface area contributed by atoms with Crippen LogP contribution in [0.1, 0.15) is 48.5 Å². The van der Waals surface area contributed by atoms with Gasteiger partial charge in [-0.05, 0) is 43.5 Å². The fourth-order valence-electron chi connectivity index (χ4n) is 4.40. The molecule has 0 fully saturated rings. The molecule has 4 rings (SSSR count). The summed E-state index contributed by atoms with van der Waals surface area (Å²) in [6.07, 6.45) is 0. The van der Waals surface area contributed by atoms with Crippen molar-refractivity contribution in [2.75, 3.05) is 11.5 Å². The molecule has 0 amide bonds. The molecule has 0 radical (unpaired) electrons. The lowest BCUT2D eigenvalue weighted by Gasteiger charge is -2.24. The van der Waals surface area contributed by atoms with Gasteiger partial charge in [0.25, 0.3) is 20.2 Å². The molecular weight excluding hydrogens is 528 g/mol. The number of rotatable bonds is 4. The molecule has 0 atom stereocenters. The molecule has 3 aromatic rings. The van der Waals surface area contributed by atoms with Crippen LogP contribution in [0.15, 0.2) is 49.9 Å². The first kappa shape index (κ1) is 25.9. The molecule has 6 N–H and O–H groups in total. The number of fused-ring (bicyclic) bond motifs is 2. The average molecular weight is 549 g/mol. The van der Waals surface area contributed by atoms with Crippen molar-refractivity contribution < 1.29 is 35.5 Å². The first-order valence-electron chi connectivity index (χ1n) is 10.2. The zero-order valence-corrected chi connectivity index (χ0v) is 21.6. The van der Waals surface area contributed by atoms with Crippen molar-refractivity contribution in [3.63, 3.8) is 0 Å². The van der Waals surface area contributed by atoms with Gasteiger partial charge < -0.3 is 11.5 Å². The molecule has 0 aromatic heterocycles. The van der Waals surface area contributed by atoms with Crippen LogP contribution < -0.4 is 11.5 Å². The highest BCUT2D eigenvalue weighted by atomic mass is 32.2. The van der Waals surface area contributed by atoms with Gasteiger partial charge in [0.1, 0.15) is 9.79 Å². The van der Waals surface area contributed by atoms with Gasteiger partial charge in [0.15, 0.2) is 11.6 Å². The Morgan fingerprint density at radius 2 is 1.28 bits per heavy atom. The van der Waals surface area contributed by atoms with E-state index in [9.17, 15) is 35.5 Å². The van der Waals surface area contributed by atoms with Crippen molar-refractivity contribution in [1.29, 1.82) is 0 Å². The molecule has 1 aliphatic rings. The van der Waals surface area contributed by atoms with Gasteiger partial charge >= 0.3 is 0 Å². The Morgan fingerprint density at radius 3 is 1.78 bits per heavy atom. The molecule has 0 unspecified atom stereocenters. The maximum absolute atomic E-state index is 13.5. The molecule has 0 aliphatic heterocycles. The quantitative estimate of drug-likeness (QED) is 0.216. The molecule has 188 valence electrons. The molecule has 1 aliphatic carbocycles. The largest absolute Gasteiger partial charge is 0.398 e. The van der Waals surface area contributed by atoms with E-state index < -0.39 is 47.3 Å². The van der Waals surface area contributed by atoms with Crippen molar-refractivity contribution in [3.05, 3.63) is 69.3 Å². The number of anilines is 2. The van der Waals surface area contributed by atoms with E-state index in [2.05, 4.69) is 0 Å². The van der Waals surface area contributed by atoms with Gasteiger partial charge in [0.2, 0.25) is 0 Å². The summed E-state index contributed by atoms with van der Waals surface area (Å²) in [5.74, 6) is -1.32. The molecule has 13 heteroatoms. The smallest absolute Gasteiger partial charge is 0.296 e. The summed E-state index contributed by atoms with van der Waals surface area (Å²) in [6, 6.07) is 6.89. The number of carbonyl (C=O) groups excluding carboxylic acids is 2. The fourth-order valence-corrected chi connectivity index (χ4v) is 7.38. The normalized spacial score (nSPS) is 13.5. The van der Waals surface area contributed by atoms with E-state index in [0.717, 1.165) is 17.8 Å². The van der Waals surface area contributed by atoms with E-state index in [1.807, 2.05) is 0 Å². The van der Waals surface area contributed by atoms with Crippen LogP contribution in [-0.4, -0.2) is 37.5 Å². The van der Waals surface area contributed by atoms with E-state index in [-0.39, 0.29) is 48.9 Å². The Bertz CT molecular complexity index is 1740. The van der Waals surface area contributed by atoms with E-state index in [1.165, 1.54) is 32.0 Å². The second kappa shape index (κ2) is 8.42. The van der Waals surface area contributed by atoms with Gasteiger partial charge in [0.05, 0.1) is 11.3 Å². The van der Waals surface area contributed by atoms with E-state index in [1.54, 1.807) is 13.0 Å². The molecule has 3 aromatic carbocycles. The van der Waals surface area contributed by atoms with Gasteiger partial charge in [-0.1, -0.05) is 36.0 Å². The summed E-state index contributed by atoms with van der Waals surface area (Å²) in [7, 11) is -9.63. The number of hydrogen-bond donors (Lipinski definition) is 4. The monoisotopic (exact) mass is 548 g/mol. The summed E-state index contributed by atoms with van der Waals surface area (Å²) >= 11 is 0.768.